The van der Waals surface area contributed by atoms with E-state index in [4.69, 9.17) is 0 Å². The van der Waals surface area contributed by atoms with Crippen molar-refractivity contribution in [2.45, 2.75) is 118 Å². The van der Waals surface area contributed by atoms with Gasteiger partial charge in [-0.25, -0.2) is 22.5 Å². The van der Waals surface area contributed by atoms with Gasteiger partial charge >= 0.3 is 6.03 Å². The van der Waals surface area contributed by atoms with Crippen LogP contribution < -0.4 is 21.3 Å². The number of fused-ring (bicyclic) bond motifs is 1. The van der Waals surface area contributed by atoms with Crippen LogP contribution in [-0.4, -0.2) is 102 Å². The minimum absolute atomic E-state index is 0.00399. The Hall–Kier alpha value is -3.89. The molecule has 0 bridgehead atoms. The van der Waals surface area contributed by atoms with Crippen LogP contribution in [0.1, 0.15) is 90.3 Å². The van der Waals surface area contributed by atoms with E-state index in [1.807, 2.05) is 65.8 Å². The van der Waals surface area contributed by atoms with Gasteiger partial charge < -0.3 is 26.2 Å². The summed E-state index contributed by atoms with van der Waals surface area (Å²) in [6, 6.07) is 3.65. The first-order valence-corrected chi connectivity index (χ1v) is 22.3. The minimum Gasteiger partial charge on any atom is -0.344 e. The molecule has 2 aromatic rings. The van der Waals surface area contributed by atoms with Crippen molar-refractivity contribution in [1.29, 1.82) is 0 Å². The summed E-state index contributed by atoms with van der Waals surface area (Å²) in [5, 5.41) is 13.9. The van der Waals surface area contributed by atoms with E-state index in [0.717, 1.165) is 17.5 Å². The first-order chi connectivity index (χ1) is 26.4. The predicted octanol–water partition coefficient (Wildman–Crippen LogP) is 3.66. The summed E-state index contributed by atoms with van der Waals surface area (Å²) in [6.45, 7) is 13.6. The number of ketones is 1. The Balaban J connectivity index is 1.60. The molecule has 1 unspecified atom stereocenters. The zero-order valence-electron chi connectivity index (χ0n) is 34.1. The molecule has 1 aliphatic heterocycles. The molecule has 1 aliphatic carbocycles. The van der Waals surface area contributed by atoms with Crippen molar-refractivity contribution in [1.82, 2.24) is 35.5 Å². The number of thiazole rings is 1. The third-order valence-corrected chi connectivity index (χ3v) is 13.8. The van der Waals surface area contributed by atoms with Crippen LogP contribution in [0, 0.1) is 23.2 Å². The molecule has 310 valence electrons. The van der Waals surface area contributed by atoms with Crippen molar-refractivity contribution in [2.75, 3.05) is 25.9 Å². The molecule has 56 heavy (non-hydrogen) atoms. The maximum Gasteiger partial charge on any atom is 0.315 e. The summed E-state index contributed by atoms with van der Waals surface area (Å²) in [4.78, 5) is 75.4. The second-order valence-corrected chi connectivity index (χ2v) is 19.8. The van der Waals surface area contributed by atoms with Gasteiger partial charge in [-0.2, -0.15) is 0 Å². The van der Waals surface area contributed by atoms with E-state index < -0.39 is 69.1 Å². The number of sulfonamides is 1. The quantitative estimate of drug-likeness (QED) is 0.164. The molecule has 1 aromatic heterocycles. The third-order valence-electron chi connectivity index (χ3n) is 11.2. The van der Waals surface area contributed by atoms with E-state index in [1.54, 1.807) is 23.4 Å². The zero-order chi connectivity index (χ0) is 41.4. The highest BCUT2D eigenvalue weighted by molar-refractivity contribution is 7.89. The van der Waals surface area contributed by atoms with Crippen LogP contribution in [0.2, 0.25) is 0 Å². The van der Waals surface area contributed by atoms with E-state index in [0.29, 0.717) is 30.7 Å². The molecule has 0 saturated carbocycles. The lowest BCUT2D eigenvalue weighted by Crippen LogP contribution is -2.61. The first-order valence-electron chi connectivity index (χ1n) is 19.8. The van der Waals surface area contributed by atoms with Crippen molar-refractivity contribution >= 4 is 50.9 Å². The highest BCUT2D eigenvalue weighted by Crippen LogP contribution is 2.35. The van der Waals surface area contributed by atoms with Gasteiger partial charge in [0.15, 0.2) is 0 Å². The molecule has 0 spiro atoms. The largest absolute Gasteiger partial charge is 0.344 e. The third kappa shape index (κ3) is 11.4. The van der Waals surface area contributed by atoms with Crippen LogP contribution in [-0.2, 0) is 48.6 Å². The average molecular weight is 816 g/mol. The summed E-state index contributed by atoms with van der Waals surface area (Å²) in [5.41, 5.74) is 1.62. The van der Waals surface area contributed by atoms with Gasteiger partial charge in [-0.1, -0.05) is 78.6 Å². The topological polar surface area (TPSA) is 187 Å². The number of Topliss-reactive ketones (excluding diaryl/α,β-unsaturated/α-hetero) is 1. The van der Waals surface area contributed by atoms with Gasteiger partial charge in [0.1, 0.15) is 17.1 Å². The standard InChI is InChI=1S/C40H61N7O7S2/c1-9-11-16-30(35(48)37(50)42-23-32-41-18-20-55-32)43-36(49)34-29(25(3)4)17-19-47(34)38(51)33(28-21-26-14-12-13-15-27(26)22-28)45-39(52)44-31(40(5,6)7)24-46(8)56(53,54)10-2/h12-15,18,20,25,28-31,33-34H,9-11,16-17,19,21-24H2,1-8H3,(H,42,50)(H,43,49)(H2,44,45,52)/t29-,30?,31-,33+,34+/m1/s1. The van der Waals surface area contributed by atoms with Crippen molar-refractivity contribution in [3.8, 4) is 0 Å². The second kappa shape index (κ2) is 19.5. The molecule has 1 fully saturated rings. The van der Waals surface area contributed by atoms with E-state index >= 15 is 0 Å². The Morgan fingerprint density at radius 2 is 1.68 bits per heavy atom. The molecule has 2 heterocycles. The fourth-order valence-corrected chi connectivity index (χ4v) is 9.00. The van der Waals surface area contributed by atoms with Crippen molar-refractivity contribution in [3.05, 3.63) is 52.0 Å². The molecule has 5 atom stereocenters. The monoisotopic (exact) mass is 815 g/mol. The number of carbonyl (C=O) groups excluding carboxylic acids is 5. The van der Waals surface area contributed by atoms with Gasteiger partial charge in [-0.3, -0.25) is 19.2 Å². The van der Waals surface area contributed by atoms with Crippen molar-refractivity contribution < 1.29 is 32.4 Å². The molecule has 4 rings (SSSR count). The number of amides is 5. The first kappa shape index (κ1) is 44.8. The number of urea groups is 1. The van der Waals surface area contributed by atoms with E-state index in [9.17, 15) is 32.4 Å². The van der Waals surface area contributed by atoms with Crippen LogP contribution in [0.15, 0.2) is 35.8 Å². The van der Waals surface area contributed by atoms with Gasteiger partial charge in [0, 0.05) is 37.8 Å². The number of benzene rings is 1. The maximum absolute atomic E-state index is 14.9. The van der Waals surface area contributed by atoms with Crippen LogP contribution in [0.3, 0.4) is 0 Å². The number of unbranched alkanes of at least 4 members (excludes halogenated alkanes) is 1. The summed E-state index contributed by atoms with van der Waals surface area (Å²) in [6.07, 6.45) is 4.81. The molecule has 4 N–H and O–H groups in total. The molecular formula is C40H61N7O7S2. The van der Waals surface area contributed by atoms with Crippen molar-refractivity contribution in [3.63, 3.8) is 0 Å². The lowest BCUT2D eigenvalue weighted by atomic mass is 9.86. The summed E-state index contributed by atoms with van der Waals surface area (Å²) < 4.78 is 26.5. The fraction of sp³-hybridized carbons (Fsp3) is 0.650. The molecule has 14 nitrogen and oxygen atoms in total. The smallest absolute Gasteiger partial charge is 0.315 e. The van der Waals surface area contributed by atoms with E-state index in [-0.39, 0.29) is 49.6 Å². The molecular weight excluding hydrogens is 755 g/mol. The lowest BCUT2D eigenvalue weighted by Gasteiger charge is -2.36. The van der Waals surface area contributed by atoms with Crippen LogP contribution in [0.5, 0.6) is 0 Å². The van der Waals surface area contributed by atoms with Gasteiger partial charge in [-0.15, -0.1) is 11.3 Å². The second-order valence-electron chi connectivity index (χ2n) is 16.5. The number of rotatable bonds is 18. The highest BCUT2D eigenvalue weighted by atomic mass is 32.2. The average Bonchev–Trinajstić information content (AvgIpc) is 3.93. The Bertz CT molecular complexity index is 1770. The van der Waals surface area contributed by atoms with Gasteiger partial charge in [0.25, 0.3) is 5.91 Å². The van der Waals surface area contributed by atoms with Gasteiger partial charge in [-0.05, 0) is 66.9 Å². The highest BCUT2D eigenvalue weighted by Gasteiger charge is 2.48. The van der Waals surface area contributed by atoms with Crippen LogP contribution in [0.4, 0.5) is 4.79 Å². The zero-order valence-corrected chi connectivity index (χ0v) is 35.7. The van der Waals surface area contributed by atoms with E-state index in [2.05, 4.69) is 26.3 Å². The fourth-order valence-electron chi connectivity index (χ4n) is 7.63. The van der Waals surface area contributed by atoms with Crippen LogP contribution in [0.25, 0.3) is 0 Å². The van der Waals surface area contributed by atoms with Crippen LogP contribution >= 0.6 is 11.3 Å². The van der Waals surface area contributed by atoms with Gasteiger partial charge in [0.2, 0.25) is 27.6 Å². The Morgan fingerprint density at radius 3 is 2.23 bits per heavy atom. The summed E-state index contributed by atoms with van der Waals surface area (Å²) in [5.74, 6) is -3.12. The SMILES string of the molecule is CCCCC(NC(=O)[C@@H]1[C@@H](C(C)C)CCN1C(=O)[C@@H](NC(=O)N[C@H](CN(C)S(=O)(=O)CC)C(C)(C)C)C1Cc2ccccc2C1)C(=O)C(=O)NCc1nccs1. The van der Waals surface area contributed by atoms with Crippen molar-refractivity contribution in [2.24, 2.45) is 23.2 Å². The van der Waals surface area contributed by atoms with E-state index in [1.165, 1.54) is 22.7 Å². The predicted molar refractivity (Wildman–Crippen MR) is 217 cm³/mol. The molecule has 1 aromatic carbocycles. The molecule has 0 radical (unpaired) electrons. The number of nitrogens with one attached hydrogen (secondary N) is 4. The number of nitrogens with zero attached hydrogens (tertiary/aromatic N) is 3. The summed E-state index contributed by atoms with van der Waals surface area (Å²) >= 11 is 1.35. The number of aromatic nitrogens is 1. The maximum atomic E-state index is 14.9. The molecule has 16 heteroatoms. The Kier molecular flexibility index (Phi) is 15.6. The Morgan fingerprint density at radius 1 is 1.02 bits per heavy atom. The minimum atomic E-state index is -3.53. The number of carbonyl (C=O) groups is 5. The number of hydrogen-bond donors (Lipinski definition) is 4. The number of likely N-dealkylation sites (N-methyl/N-ethyl adjacent to an activating group) is 1. The lowest BCUT2D eigenvalue weighted by molar-refractivity contribution is -0.144. The summed E-state index contributed by atoms with van der Waals surface area (Å²) in [7, 11) is -2.04. The normalized spacial score (nSPS) is 19.0. The molecule has 1 saturated heterocycles. The molecule has 5 amide bonds. The number of likely N-dealkylation sites (tertiary alicyclic amines) is 1. The van der Waals surface area contributed by atoms with Gasteiger partial charge in [0.05, 0.1) is 18.3 Å². The number of hydrogen-bond acceptors (Lipinski definition) is 9. The molecule has 2 aliphatic rings. The Labute approximate surface area is 336 Å².